The van der Waals surface area contributed by atoms with Crippen molar-refractivity contribution in [2.24, 2.45) is 0 Å². The van der Waals surface area contributed by atoms with Crippen LogP contribution >= 0.6 is 27.3 Å². The summed E-state index contributed by atoms with van der Waals surface area (Å²) in [5.74, 6) is 0.0297. The molecular weight excluding hydrogens is 324 g/mol. The van der Waals surface area contributed by atoms with Crippen LogP contribution in [-0.4, -0.2) is 22.8 Å². The Balaban J connectivity index is 2.11. The summed E-state index contributed by atoms with van der Waals surface area (Å²) < 4.78 is 1.01. The molecule has 0 spiro atoms. The summed E-state index contributed by atoms with van der Waals surface area (Å²) in [6.45, 7) is 4.46. The number of amides is 1. The molecule has 5 heteroatoms. The first-order valence-electron chi connectivity index (χ1n) is 5.91. The minimum atomic E-state index is 0.0297. The van der Waals surface area contributed by atoms with Crippen LogP contribution < -0.4 is 0 Å². The summed E-state index contributed by atoms with van der Waals surface area (Å²) in [6.07, 6.45) is 0. The standard InChI is InChI=1S/C14H15BrN2OS/c1-9-7-12(19-13(9)15)14(18)17(3)8-11-6-4-5-10(2)16-11/h4-7H,8H2,1-3H3. The lowest BCUT2D eigenvalue weighted by Gasteiger charge is -2.15. The first-order chi connectivity index (χ1) is 8.97. The van der Waals surface area contributed by atoms with Crippen LogP contribution in [0.2, 0.25) is 0 Å². The SMILES string of the molecule is Cc1cccc(CN(C)C(=O)c2cc(C)c(Br)s2)n1. The molecule has 0 fully saturated rings. The maximum absolute atomic E-state index is 12.3. The van der Waals surface area contributed by atoms with Gasteiger partial charge in [0.2, 0.25) is 0 Å². The molecule has 2 rings (SSSR count). The maximum atomic E-state index is 12.3. The first-order valence-corrected chi connectivity index (χ1v) is 7.52. The van der Waals surface area contributed by atoms with E-state index < -0.39 is 0 Å². The minimum absolute atomic E-state index is 0.0297. The second-order valence-electron chi connectivity index (χ2n) is 4.50. The average molecular weight is 339 g/mol. The zero-order valence-corrected chi connectivity index (χ0v) is 13.5. The lowest BCUT2D eigenvalue weighted by atomic mass is 10.3. The molecule has 0 radical (unpaired) electrons. The smallest absolute Gasteiger partial charge is 0.264 e. The van der Waals surface area contributed by atoms with Crippen molar-refractivity contribution in [3.63, 3.8) is 0 Å². The molecule has 0 N–H and O–H groups in total. The largest absolute Gasteiger partial charge is 0.335 e. The van der Waals surface area contributed by atoms with Crippen LogP contribution in [0.25, 0.3) is 0 Å². The van der Waals surface area contributed by atoms with Gasteiger partial charge in [0.25, 0.3) is 5.91 Å². The van der Waals surface area contributed by atoms with Crippen molar-refractivity contribution in [3.05, 3.63) is 49.9 Å². The number of aryl methyl sites for hydroxylation is 2. The fraction of sp³-hybridized carbons (Fsp3) is 0.286. The van der Waals surface area contributed by atoms with E-state index in [0.29, 0.717) is 6.54 Å². The molecule has 0 unspecified atom stereocenters. The number of rotatable bonds is 3. The molecule has 0 aliphatic rings. The molecule has 0 aliphatic heterocycles. The summed E-state index contributed by atoms with van der Waals surface area (Å²) in [5.41, 5.74) is 2.96. The molecule has 0 bridgehead atoms. The van der Waals surface area contributed by atoms with E-state index in [9.17, 15) is 4.79 Å². The Kier molecular flexibility index (Phi) is 4.37. The van der Waals surface area contributed by atoms with Gasteiger partial charge in [0, 0.05) is 12.7 Å². The van der Waals surface area contributed by atoms with E-state index >= 15 is 0 Å². The topological polar surface area (TPSA) is 33.2 Å². The zero-order valence-electron chi connectivity index (χ0n) is 11.1. The second-order valence-corrected chi connectivity index (χ2v) is 6.87. The van der Waals surface area contributed by atoms with Crippen molar-refractivity contribution in [1.82, 2.24) is 9.88 Å². The minimum Gasteiger partial charge on any atom is -0.335 e. The van der Waals surface area contributed by atoms with Crippen LogP contribution in [0.15, 0.2) is 28.1 Å². The van der Waals surface area contributed by atoms with Crippen molar-refractivity contribution in [3.8, 4) is 0 Å². The van der Waals surface area contributed by atoms with Crippen LogP contribution in [0.5, 0.6) is 0 Å². The molecule has 0 atom stereocenters. The van der Waals surface area contributed by atoms with Gasteiger partial charge in [-0.2, -0.15) is 0 Å². The van der Waals surface area contributed by atoms with Crippen LogP contribution in [-0.2, 0) is 6.54 Å². The quantitative estimate of drug-likeness (QED) is 0.852. The number of hydrogen-bond acceptors (Lipinski definition) is 3. The summed E-state index contributed by atoms with van der Waals surface area (Å²) in [6, 6.07) is 7.76. The molecule has 1 amide bonds. The van der Waals surface area contributed by atoms with E-state index in [2.05, 4.69) is 20.9 Å². The second kappa shape index (κ2) is 5.84. The van der Waals surface area contributed by atoms with Gasteiger partial charge in [-0.1, -0.05) is 6.07 Å². The van der Waals surface area contributed by atoms with Gasteiger partial charge in [-0.15, -0.1) is 11.3 Å². The van der Waals surface area contributed by atoms with E-state index in [1.807, 2.05) is 38.1 Å². The van der Waals surface area contributed by atoms with Crippen molar-refractivity contribution in [2.75, 3.05) is 7.05 Å². The first kappa shape index (κ1) is 14.2. The summed E-state index contributed by atoms with van der Waals surface area (Å²) >= 11 is 4.91. The molecule has 100 valence electrons. The van der Waals surface area contributed by atoms with Gasteiger partial charge >= 0.3 is 0 Å². The molecular formula is C14H15BrN2OS. The van der Waals surface area contributed by atoms with Gasteiger partial charge in [0.1, 0.15) is 0 Å². The number of carbonyl (C=O) groups excluding carboxylic acids is 1. The van der Waals surface area contributed by atoms with Gasteiger partial charge in [-0.3, -0.25) is 9.78 Å². The predicted octanol–water partition coefficient (Wildman–Crippen LogP) is 3.79. The lowest BCUT2D eigenvalue weighted by molar-refractivity contribution is 0.0788. The molecule has 0 saturated heterocycles. The van der Waals surface area contributed by atoms with Crippen LogP contribution in [0.1, 0.15) is 26.6 Å². The van der Waals surface area contributed by atoms with Crippen LogP contribution in [0.4, 0.5) is 0 Å². The summed E-state index contributed by atoms with van der Waals surface area (Å²) in [5, 5.41) is 0. The molecule has 2 heterocycles. The van der Waals surface area contributed by atoms with Gasteiger partial charge in [-0.05, 0) is 53.5 Å². The maximum Gasteiger partial charge on any atom is 0.264 e. The highest BCUT2D eigenvalue weighted by Crippen LogP contribution is 2.28. The molecule has 0 aliphatic carbocycles. The number of hydrogen-bond donors (Lipinski definition) is 0. The van der Waals surface area contributed by atoms with E-state index in [4.69, 9.17) is 0 Å². The zero-order chi connectivity index (χ0) is 14.0. The van der Waals surface area contributed by atoms with Gasteiger partial charge in [0.15, 0.2) is 0 Å². The number of halogens is 1. The fourth-order valence-electron chi connectivity index (χ4n) is 1.76. The van der Waals surface area contributed by atoms with Gasteiger partial charge in [0.05, 0.1) is 20.9 Å². The Morgan fingerprint density at radius 2 is 2.16 bits per heavy atom. The van der Waals surface area contributed by atoms with Crippen LogP contribution in [0.3, 0.4) is 0 Å². The van der Waals surface area contributed by atoms with Crippen molar-refractivity contribution in [1.29, 1.82) is 0 Å². The Bertz CT molecular complexity index is 590. The van der Waals surface area contributed by atoms with Crippen molar-refractivity contribution < 1.29 is 4.79 Å². The van der Waals surface area contributed by atoms with Crippen molar-refractivity contribution >= 4 is 33.2 Å². The number of pyridine rings is 1. The Morgan fingerprint density at radius 3 is 2.74 bits per heavy atom. The Labute approximate surface area is 125 Å². The third-order valence-corrected chi connectivity index (χ3v) is 4.88. The third-order valence-electron chi connectivity index (χ3n) is 2.76. The monoisotopic (exact) mass is 338 g/mol. The van der Waals surface area contributed by atoms with E-state index in [0.717, 1.165) is 25.6 Å². The Hall–Kier alpha value is -1.20. The van der Waals surface area contributed by atoms with Gasteiger partial charge < -0.3 is 4.90 Å². The Morgan fingerprint density at radius 1 is 1.42 bits per heavy atom. The highest BCUT2D eigenvalue weighted by atomic mass is 79.9. The predicted molar refractivity (Wildman–Crippen MR) is 81.5 cm³/mol. The highest BCUT2D eigenvalue weighted by molar-refractivity contribution is 9.11. The molecule has 2 aromatic rings. The van der Waals surface area contributed by atoms with E-state index in [-0.39, 0.29) is 5.91 Å². The normalized spacial score (nSPS) is 10.5. The molecule has 19 heavy (non-hydrogen) atoms. The molecule has 0 saturated carbocycles. The lowest BCUT2D eigenvalue weighted by Crippen LogP contribution is -2.25. The summed E-state index contributed by atoms with van der Waals surface area (Å²) in [4.78, 5) is 19.1. The average Bonchev–Trinajstić information content (AvgIpc) is 2.68. The number of nitrogens with zero attached hydrogens (tertiary/aromatic N) is 2. The molecule has 3 nitrogen and oxygen atoms in total. The van der Waals surface area contributed by atoms with E-state index in [1.165, 1.54) is 11.3 Å². The summed E-state index contributed by atoms with van der Waals surface area (Å²) in [7, 11) is 1.80. The van der Waals surface area contributed by atoms with Gasteiger partial charge in [-0.25, -0.2) is 0 Å². The van der Waals surface area contributed by atoms with Crippen LogP contribution in [0, 0.1) is 13.8 Å². The molecule has 0 aromatic carbocycles. The fourth-order valence-corrected chi connectivity index (χ4v) is 3.29. The molecule has 2 aromatic heterocycles. The number of aromatic nitrogens is 1. The van der Waals surface area contributed by atoms with Crippen molar-refractivity contribution in [2.45, 2.75) is 20.4 Å². The number of thiophene rings is 1. The number of carbonyl (C=O) groups is 1. The highest BCUT2D eigenvalue weighted by Gasteiger charge is 2.16. The van der Waals surface area contributed by atoms with E-state index in [1.54, 1.807) is 11.9 Å². The third kappa shape index (κ3) is 3.42.